The van der Waals surface area contributed by atoms with Crippen LogP contribution in [0.2, 0.25) is 0 Å². The summed E-state index contributed by atoms with van der Waals surface area (Å²) in [5, 5.41) is 0. The summed E-state index contributed by atoms with van der Waals surface area (Å²) in [6.45, 7) is 4.73. The summed E-state index contributed by atoms with van der Waals surface area (Å²) in [4.78, 5) is 0. The normalized spacial score (nSPS) is 27.7. The highest BCUT2D eigenvalue weighted by Gasteiger charge is 2.35. The maximum absolute atomic E-state index is 2.44. The third-order valence-electron chi connectivity index (χ3n) is 3.87. The van der Waals surface area contributed by atoms with Crippen LogP contribution in [0.1, 0.15) is 58.8 Å². The second kappa shape index (κ2) is 3.86. The van der Waals surface area contributed by atoms with Crippen LogP contribution in [0, 0.1) is 11.8 Å². The Balaban J connectivity index is 1.68. The second-order valence-electron chi connectivity index (χ2n) is 5.01. The Kier molecular flexibility index (Phi) is 2.76. The van der Waals surface area contributed by atoms with Crippen LogP contribution in [-0.4, -0.2) is 0 Å². The molecule has 0 aliphatic heterocycles. The first kappa shape index (κ1) is 9.30. The number of allylic oxidation sites excluding steroid dienone is 2. The van der Waals surface area contributed by atoms with E-state index in [9.17, 15) is 0 Å². The summed E-state index contributed by atoms with van der Waals surface area (Å²) >= 11 is 0. The maximum atomic E-state index is 2.44. The molecule has 2 rings (SSSR count). The van der Waals surface area contributed by atoms with Crippen molar-refractivity contribution in [1.29, 1.82) is 0 Å². The van der Waals surface area contributed by atoms with Gasteiger partial charge in [0.2, 0.25) is 0 Å². The van der Waals surface area contributed by atoms with Gasteiger partial charge in [0.25, 0.3) is 0 Å². The number of unbranched alkanes of at least 4 members (excludes halogenated alkanes) is 1. The predicted molar refractivity (Wildman–Crippen MR) is 57.7 cm³/mol. The lowest BCUT2D eigenvalue weighted by Crippen LogP contribution is -2.27. The van der Waals surface area contributed by atoms with Crippen molar-refractivity contribution in [3.05, 3.63) is 11.1 Å². The smallest absolute Gasteiger partial charge is 0.0161 e. The zero-order valence-corrected chi connectivity index (χ0v) is 9.10. The molecule has 0 heterocycles. The molecule has 0 saturated carbocycles. The molecule has 0 heteroatoms. The molecule has 2 unspecified atom stereocenters. The Morgan fingerprint density at radius 1 is 1.38 bits per heavy atom. The monoisotopic (exact) mass is 178 g/mol. The standard InChI is InChI=1S/C13H22/c1-3-4-5-10(2)8-12-9-11-6-7-13(11)12/h10,12H,3-9H2,1-2H3. The van der Waals surface area contributed by atoms with Crippen LogP contribution in [0.5, 0.6) is 0 Å². The molecule has 13 heavy (non-hydrogen) atoms. The number of rotatable bonds is 5. The molecule has 0 aromatic carbocycles. The van der Waals surface area contributed by atoms with E-state index in [4.69, 9.17) is 0 Å². The van der Waals surface area contributed by atoms with Crippen LogP contribution in [-0.2, 0) is 0 Å². The summed E-state index contributed by atoms with van der Waals surface area (Å²) in [6.07, 6.45) is 10.1. The zero-order valence-electron chi connectivity index (χ0n) is 9.10. The number of hydrogen-bond acceptors (Lipinski definition) is 0. The van der Waals surface area contributed by atoms with Crippen molar-refractivity contribution >= 4 is 0 Å². The van der Waals surface area contributed by atoms with Gasteiger partial charge in [-0.15, -0.1) is 0 Å². The molecular formula is C13H22. The van der Waals surface area contributed by atoms with E-state index < -0.39 is 0 Å². The molecule has 2 aliphatic rings. The van der Waals surface area contributed by atoms with Crippen molar-refractivity contribution in [1.82, 2.24) is 0 Å². The summed E-state index contributed by atoms with van der Waals surface area (Å²) in [7, 11) is 0. The fourth-order valence-electron chi connectivity index (χ4n) is 2.84. The van der Waals surface area contributed by atoms with E-state index in [1.807, 2.05) is 11.1 Å². The van der Waals surface area contributed by atoms with E-state index in [-0.39, 0.29) is 0 Å². The van der Waals surface area contributed by atoms with Gasteiger partial charge in [0, 0.05) is 0 Å². The van der Waals surface area contributed by atoms with Gasteiger partial charge in [-0.3, -0.25) is 0 Å². The molecule has 0 radical (unpaired) electrons. The summed E-state index contributed by atoms with van der Waals surface area (Å²) in [5.41, 5.74) is 3.69. The maximum Gasteiger partial charge on any atom is -0.0161 e. The van der Waals surface area contributed by atoms with Gasteiger partial charge in [-0.1, -0.05) is 44.3 Å². The van der Waals surface area contributed by atoms with E-state index >= 15 is 0 Å². The molecule has 0 fully saturated rings. The van der Waals surface area contributed by atoms with E-state index in [0.29, 0.717) is 0 Å². The highest BCUT2D eigenvalue weighted by atomic mass is 14.4. The van der Waals surface area contributed by atoms with Crippen molar-refractivity contribution in [2.24, 2.45) is 11.8 Å². The Labute approximate surface area is 82.4 Å². The lowest BCUT2D eigenvalue weighted by Gasteiger charge is -2.42. The van der Waals surface area contributed by atoms with Crippen LogP contribution in [0.25, 0.3) is 0 Å². The Morgan fingerprint density at radius 2 is 2.23 bits per heavy atom. The van der Waals surface area contributed by atoms with E-state index in [1.54, 1.807) is 0 Å². The second-order valence-corrected chi connectivity index (χ2v) is 5.01. The van der Waals surface area contributed by atoms with Crippen molar-refractivity contribution in [2.75, 3.05) is 0 Å². The third-order valence-corrected chi connectivity index (χ3v) is 3.87. The first-order valence-corrected chi connectivity index (χ1v) is 6.02. The molecule has 0 saturated heterocycles. The van der Waals surface area contributed by atoms with Crippen LogP contribution in [0.3, 0.4) is 0 Å². The fourth-order valence-corrected chi connectivity index (χ4v) is 2.84. The van der Waals surface area contributed by atoms with E-state index in [2.05, 4.69) is 13.8 Å². The van der Waals surface area contributed by atoms with E-state index in [1.165, 1.54) is 44.9 Å². The molecule has 0 N–H and O–H groups in total. The van der Waals surface area contributed by atoms with Gasteiger partial charge in [0.1, 0.15) is 0 Å². The molecule has 0 nitrogen and oxygen atoms in total. The highest BCUT2D eigenvalue weighted by Crippen LogP contribution is 2.50. The van der Waals surface area contributed by atoms with Crippen LogP contribution < -0.4 is 0 Å². The van der Waals surface area contributed by atoms with Gasteiger partial charge in [-0.25, -0.2) is 0 Å². The summed E-state index contributed by atoms with van der Waals surface area (Å²) in [5.74, 6) is 2.00. The molecule has 0 bridgehead atoms. The number of hydrogen-bond donors (Lipinski definition) is 0. The average Bonchev–Trinajstić information content (AvgIpc) is 2.09. The zero-order chi connectivity index (χ0) is 9.26. The molecule has 2 atom stereocenters. The Bertz CT molecular complexity index is 212. The van der Waals surface area contributed by atoms with Gasteiger partial charge in [-0.2, -0.15) is 0 Å². The SMILES string of the molecule is CCCCC(C)CC1CC2=C1CC2. The molecule has 0 amide bonds. The van der Waals surface area contributed by atoms with E-state index in [0.717, 1.165) is 11.8 Å². The molecule has 0 spiro atoms. The fraction of sp³-hybridized carbons (Fsp3) is 0.846. The average molecular weight is 178 g/mol. The Hall–Kier alpha value is -0.260. The van der Waals surface area contributed by atoms with Crippen molar-refractivity contribution in [2.45, 2.75) is 58.8 Å². The Morgan fingerprint density at radius 3 is 2.69 bits per heavy atom. The minimum Gasteiger partial charge on any atom is -0.0698 e. The van der Waals surface area contributed by atoms with Crippen LogP contribution in [0.15, 0.2) is 11.1 Å². The molecule has 0 aromatic rings. The first-order chi connectivity index (χ1) is 6.31. The van der Waals surface area contributed by atoms with Crippen molar-refractivity contribution in [3.8, 4) is 0 Å². The first-order valence-electron chi connectivity index (χ1n) is 6.02. The minimum atomic E-state index is 0.972. The quantitative estimate of drug-likeness (QED) is 0.550. The van der Waals surface area contributed by atoms with Crippen molar-refractivity contribution < 1.29 is 0 Å². The summed E-state index contributed by atoms with van der Waals surface area (Å²) in [6, 6.07) is 0. The molecule has 0 aromatic heterocycles. The summed E-state index contributed by atoms with van der Waals surface area (Å²) < 4.78 is 0. The molecule has 2 aliphatic carbocycles. The molecule has 74 valence electrons. The lowest BCUT2D eigenvalue weighted by atomic mass is 9.63. The van der Waals surface area contributed by atoms with Crippen LogP contribution in [0.4, 0.5) is 0 Å². The van der Waals surface area contributed by atoms with Crippen LogP contribution >= 0.6 is 0 Å². The topological polar surface area (TPSA) is 0 Å². The third kappa shape index (κ3) is 1.82. The largest absolute Gasteiger partial charge is 0.0698 e. The highest BCUT2D eigenvalue weighted by molar-refractivity contribution is 5.36. The van der Waals surface area contributed by atoms with Gasteiger partial charge < -0.3 is 0 Å². The van der Waals surface area contributed by atoms with Gasteiger partial charge in [-0.05, 0) is 37.5 Å². The minimum absolute atomic E-state index is 0.972. The van der Waals surface area contributed by atoms with Gasteiger partial charge in [0.05, 0.1) is 0 Å². The van der Waals surface area contributed by atoms with Gasteiger partial charge in [0.15, 0.2) is 0 Å². The van der Waals surface area contributed by atoms with Gasteiger partial charge >= 0.3 is 0 Å². The predicted octanol–water partition coefficient (Wildman–Crippen LogP) is 4.31. The molecular weight excluding hydrogens is 156 g/mol. The van der Waals surface area contributed by atoms with Crippen molar-refractivity contribution in [3.63, 3.8) is 0 Å². The lowest BCUT2D eigenvalue weighted by molar-refractivity contribution is 0.333.